The highest BCUT2D eigenvalue weighted by molar-refractivity contribution is 7.89. The van der Waals surface area contributed by atoms with Crippen LogP contribution in [0.2, 0.25) is 0 Å². The summed E-state index contributed by atoms with van der Waals surface area (Å²) in [4.78, 5) is 12.8. The zero-order chi connectivity index (χ0) is 21.0. The van der Waals surface area contributed by atoms with Crippen molar-refractivity contribution in [3.8, 4) is 6.07 Å². The summed E-state index contributed by atoms with van der Waals surface area (Å²) in [5.74, 6) is -0.598. The first-order valence-corrected chi connectivity index (χ1v) is 10.8. The lowest BCUT2D eigenvalue weighted by Gasteiger charge is -2.38. The Balaban J connectivity index is 1.60. The van der Waals surface area contributed by atoms with Gasteiger partial charge in [-0.1, -0.05) is 0 Å². The van der Waals surface area contributed by atoms with E-state index in [2.05, 4.69) is 10.0 Å². The van der Waals surface area contributed by atoms with Crippen LogP contribution >= 0.6 is 0 Å². The number of fused-ring (bicyclic) bond motifs is 1. The Morgan fingerprint density at radius 3 is 2.72 bits per heavy atom. The molecule has 3 fully saturated rings. The minimum absolute atomic E-state index is 0.0756. The van der Waals surface area contributed by atoms with Gasteiger partial charge in [0.15, 0.2) is 0 Å². The summed E-state index contributed by atoms with van der Waals surface area (Å²) in [5, 5.41) is 11.5. The van der Waals surface area contributed by atoms with Crippen LogP contribution in [0.5, 0.6) is 0 Å². The van der Waals surface area contributed by atoms with E-state index in [1.807, 2.05) is 0 Å². The maximum absolute atomic E-state index is 13.5. The number of sulfonamides is 1. The summed E-state index contributed by atoms with van der Waals surface area (Å²) in [6.07, 6.45) is 5.07. The zero-order valence-corrected chi connectivity index (χ0v) is 16.9. The molecule has 29 heavy (non-hydrogen) atoms. The molecule has 0 atom stereocenters. The van der Waals surface area contributed by atoms with Crippen LogP contribution in [0.1, 0.15) is 47.3 Å². The van der Waals surface area contributed by atoms with Crippen LogP contribution in [0.25, 0.3) is 0 Å². The molecule has 1 heterocycles. The number of benzene rings is 1. The Hall–Kier alpha value is -2.70. The van der Waals surface area contributed by atoms with Crippen molar-refractivity contribution in [2.75, 3.05) is 5.32 Å². The highest BCUT2D eigenvalue weighted by atomic mass is 32.2. The number of nitrogens with one attached hydrogen (secondary N) is 2. The summed E-state index contributed by atoms with van der Waals surface area (Å²) < 4.78 is 43.7. The third-order valence-corrected chi connectivity index (χ3v) is 7.67. The SMILES string of the molecule is Cc1c(S(=O)(=O)NC23CCC(C2)C3)cn(C)c1C(=O)Nc1ccc(F)c(C#N)c1. The monoisotopic (exact) mass is 416 g/mol. The van der Waals surface area contributed by atoms with Gasteiger partial charge in [-0.25, -0.2) is 17.5 Å². The molecule has 0 unspecified atom stereocenters. The van der Waals surface area contributed by atoms with Gasteiger partial charge in [0.25, 0.3) is 5.91 Å². The molecule has 1 aromatic heterocycles. The van der Waals surface area contributed by atoms with Gasteiger partial charge < -0.3 is 9.88 Å². The summed E-state index contributed by atoms with van der Waals surface area (Å²) in [6.45, 7) is 1.59. The molecule has 5 rings (SSSR count). The van der Waals surface area contributed by atoms with Gasteiger partial charge in [0, 0.05) is 24.5 Å². The largest absolute Gasteiger partial charge is 0.345 e. The van der Waals surface area contributed by atoms with E-state index in [0.717, 1.165) is 31.7 Å². The van der Waals surface area contributed by atoms with E-state index in [1.54, 1.807) is 20.0 Å². The van der Waals surface area contributed by atoms with E-state index in [0.29, 0.717) is 11.5 Å². The predicted octanol–water partition coefficient (Wildman–Crippen LogP) is 2.82. The van der Waals surface area contributed by atoms with Crippen molar-refractivity contribution in [1.82, 2.24) is 9.29 Å². The van der Waals surface area contributed by atoms with Gasteiger partial charge in [-0.3, -0.25) is 4.79 Å². The number of aryl methyl sites for hydroxylation is 1. The third kappa shape index (κ3) is 3.32. The Labute approximate surface area is 168 Å². The number of hydrogen-bond donors (Lipinski definition) is 2. The Kier molecular flexibility index (Phi) is 4.52. The summed E-state index contributed by atoms with van der Waals surface area (Å²) in [6, 6.07) is 5.39. The Morgan fingerprint density at radius 1 is 1.38 bits per heavy atom. The van der Waals surface area contributed by atoms with Crippen LogP contribution in [0.3, 0.4) is 0 Å². The van der Waals surface area contributed by atoms with Crippen molar-refractivity contribution in [1.29, 1.82) is 5.26 Å². The third-order valence-electron chi connectivity index (χ3n) is 5.98. The molecule has 152 valence electrons. The molecule has 0 radical (unpaired) electrons. The summed E-state index contributed by atoms with van der Waals surface area (Å²) in [7, 11) is -2.17. The van der Waals surface area contributed by atoms with Crippen molar-refractivity contribution < 1.29 is 17.6 Å². The van der Waals surface area contributed by atoms with Crippen LogP contribution in [0.4, 0.5) is 10.1 Å². The van der Waals surface area contributed by atoms with Gasteiger partial charge in [-0.15, -0.1) is 0 Å². The minimum atomic E-state index is -3.76. The van der Waals surface area contributed by atoms with Crippen molar-refractivity contribution >= 4 is 21.6 Å². The average Bonchev–Trinajstić information content (AvgIpc) is 3.29. The van der Waals surface area contributed by atoms with Crippen LogP contribution in [-0.2, 0) is 17.1 Å². The van der Waals surface area contributed by atoms with E-state index < -0.39 is 21.7 Å². The van der Waals surface area contributed by atoms with E-state index in [1.165, 1.54) is 22.9 Å². The molecule has 2 bridgehead atoms. The molecule has 1 aromatic carbocycles. The number of aromatic nitrogens is 1. The number of nitriles is 1. The molecule has 2 N–H and O–H groups in total. The quantitative estimate of drug-likeness (QED) is 0.782. The zero-order valence-electron chi connectivity index (χ0n) is 16.1. The maximum Gasteiger partial charge on any atom is 0.272 e. The van der Waals surface area contributed by atoms with Crippen molar-refractivity contribution in [3.05, 3.63) is 47.0 Å². The molecule has 0 spiro atoms. The lowest BCUT2D eigenvalue weighted by molar-refractivity contribution is 0.101. The number of rotatable bonds is 5. The van der Waals surface area contributed by atoms with Crippen LogP contribution in [-0.4, -0.2) is 24.4 Å². The number of nitrogens with zero attached hydrogens (tertiary/aromatic N) is 2. The second kappa shape index (κ2) is 6.68. The smallest absolute Gasteiger partial charge is 0.272 e. The Morgan fingerprint density at radius 2 is 2.10 bits per heavy atom. The molecular formula is C20H21FN4O3S. The summed E-state index contributed by atoms with van der Waals surface area (Å²) in [5.41, 5.74) is 0.250. The molecule has 3 aliphatic carbocycles. The lowest BCUT2D eigenvalue weighted by Crippen LogP contribution is -2.51. The normalized spacial score (nSPS) is 22.8. The van der Waals surface area contributed by atoms with Gasteiger partial charge in [-0.05, 0) is 62.3 Å². The molecule has 0 aliphatic heterocycles. The first-order chi connectivity index (χ1) is 13.6. The minimum Gasteiger partial charge on any atom is -0.345 e. The molecule has 3 saturated carbocycles. The maximum atomic E-state index is 13.5. The van der Waals surface area contributed by atoms with Gasteiger partial charge in [-0.2, -0.15) is 5.26 Å². The first kappa shape index (κ1) is 19.6. The van der Waals surface area contributed by atoms with Crippen molar-refractivity contribution in [2.24, 2.45) is 13.0 Å². The number of amides is 1. The van der Waals surface area contributed by atoms with E-state index in [4.69, 9.17) is 5.26 Å². The van der Waals surface area contributed by atoms with Gasteiger partial charge in [0.1, 0.15) is 22.5 Å². The highest BCUT2D eigenvalue weighted by Gasteiger charge is 2.52. The number of carbonyl (C=O) groups excluding carboxylic acids is 1. The molecule has 9 heteroatoms. The fourth-order valence-electron chi connectivity index (χ4n) is 4.61. The van der Waals surface area contributed by atoms with Crippen LogP contribution < -0.4 is 10.0 Å². The molecule has 2 aromatic rings. The molecular weight excluding hydrogens is 395 g/mol. The highest BCUT2D eigenvalue weighted by Crippen LogP contribution is 2.52. The second-order valence-electron chi connectivity index (χ2n) is 8.04. The summed E-state index contributed by atoms with van der Waals surface area (Å²) >= 11 is 0. The fourth-order valence-corrected chi connectivity index (χ4v) is 6.35. The topological polar surface area (TPSA) is 104 Å². The number of halogens is 1. The standard InChI is InChI=1S/C20H21FN4O3S/c1-12-17(29(27,28)24-20-6-5-13(8-20)9-20)11-25(2)18(12)19(26)23-15-3-4-16(21)14(7-15)10-22/h3-4,7,11,13,24H,5-6,8-9H2,1-2H3,(H,23,26). The van der Waals surface area contributed by atoms with E-state index in [-0.39, 0.29) is 27.4 Å². The molecule has 0 saturated heterocycles. The predicted molar refractivity (Wildman–Crippen MR) is 104 cm³/mol. The van der Waals surface area contributed by atoms with Gasteiger partial charge in [0.05, 0.1) is 5.56 Å². The molecule has 3 aliphatic rings. The number of carbonyl (C=O) groups is 1. The molecule has 7 nitrogen and oxygen atoms in total. The van der Waals surface area contributed by atoms with Crippen LogP contribution in [0.15, 0.2) is 29.3 Å². The van der Waals surface area contributed by atoms with Crippen molar-refractivity contribution in [2.45, 2.75) is 43.0 Å². The first-order valence-electron chi connectivity index (χ1n) is 9.35. The fraction of sp³-hybridized carbons (Fsp3) is 0.400. The van der Waals surface area contributed by atoms with E-state index in [9.17, 15) is 17.6 Å². The average molecular weight is 416 g/mol. The van der Waals surface area contributed by atoms with Gasteiger partial charge in [0.2, 0.25) is 10.0 Å². The van der Waals surface area contributed by atoms with Crippen LogP contribution in [0, 0.1) is 30.0 Å². The number of hydrogen-bond acceptors (Lipinski definition) is 4. The van der Waals surface area contributed by atoms with Crippen molar-refractivity contribution in [3.63, 3.8) is 0 Å². The molecule has 1 amide bonds. The second-order valence-corrected chi connectivity index (χ2v) is 9.69. The van der Waals surface area contributed by atoms with E-state index >= 15 is 0 Å². The lowest BCUT2D eigenvalue weighted by atomic mass is 9.78. The number of anilines is 1. The van der Waals surface area contributed by atoms with Gasteiger partial charge >= 0.3 is 0 Å². The Bertz CT molecular complexity index is 1150.